The molecule has 1 aliphatic carbocycles. The summed E-state index contributed by atoms with van der Waals surface area (Å²) < 4.78 is 6.26. The van der Waals surface area contributed by atoms with Crippen LogP contribution in [0.1, 0.15) is 6.42 Å². The molecule has 8 heteroatoms. The summed E-state index contributed by atoms with van der Waals surface area (Å²) in [6.07, 6.45) is 0.827. The second-order valence-corrected chi connectivity index (χ2v) is 7.07. The molecule has 0 bridgehead atoms. The maximum absolute atomic E-state index is 6.02. The first-order valence-electron chi connectivity index (χ1n) is 6.03. The number of aromatic nitrogens is 4. The predicted molar refractivity (Wildman–Crippen MR) is 79.0 cm³/mol. The first kappa shape index (κ1) is 14.0. The quantitative estimate of drug-likeness (QED) is 0.623. The molecule has 20 heavy (non-hydrogen) atoms. The molecule has 5 nitrogen and oxygen atoms in total. The summed E-state index contributed by atoms with van der Waals surface area (Å²) in [7, 11) is 1.63. The number of halogens is 2. The van der Waals surface area contributed by atoms with Crippen LogP contribution in [0.4, 0.5) is 0 Å². The van der Waals surface area contributed by atoms with Crippen molar-refractivity contribution in [1.29, 1.82) is 0 Å². The number of nitrogens with zero attached hydrogens (tertiary/aromatic N) is 4. The van der Waals surface area contributed by atoms with E-state index in [0.717, 1.165) is 28.8 Å². The molecule has 1 aromatic carbocycles. The van der Waals surface area contributed by atoms with Gasteiger partial charge >= 0.3 is 0 Å². The minimum absolute atomic E-state index is 0.303. The van der Waals surface area contributed by atoms with Crippen LogP contribution in [0.3, 0.4) is 0 Å². The second kappa shape index (κ2) is 5.42. The molecule has 106 valence electrons. The fourth-order valence-electron chi connectivity index (χ4n) is 1.78. The SMILES string of the molecule is COc1ccc(-n2nnnc2SCC2CC2(Cl)Cl)cc1. The molecule has 0 N–H and O–H groups in total. The average molecular weight is 331 g/mol. The molecule has 1 fully saturated rings. The van der Waals surface area contributed by atoms with Crippen LogP contribution in [0, 0.1) is 5.92 Å². The van der Waals surface area contributed by atoms with E-state index in [1.807, 2.05) is 24.3 Å². The Morgan fingerprint density at radius 2 is 2.10 bits per heavy atom. The largest absolute Gasteiger partial charge is 0.497 e. The Balaban J connectivity index is 1.72. The summed E-state index contributed by atoms with van der Waals surface area (Å²) in [4.78, 5) is 0. The number of benzene rings is 1. The molecule has 0 radical (unpaired) electrons. The van der Waals surface area contributed by atoms with Crippen molar-refractivity contribution in [2.24, 2.45) is 5.92 Å². The molecule has 2 aromatic rings. The van der Waals surface area contributed by atoms with Crippen LogP contribution in [0.2, 0.25) is 0 Å². The van der Waals surface area contributed by atoms with Crippen molar-refractivity contribution in [1.82, 2.24) is 20.2 Å². The van der Waals surface area contributed by atoms with Crippen LogP contribution in [0.15, 0.2) is 29.4 Å². The summed E-state index contributed by atoms with van der Waals surface area (Å²) in [6, 6.07) is 7.55. The number of thioether (sulfide) groups is 1. The van der Waals surface area contributed by atoms with Crippen LogP contribution < -0.4 is 4.74 Å². The molecule has 3 rings (SSSR count). The smallest absolute Gasteiger partial charge is 0.214 e. The molecule has 1 saturated carbocycles. The van der Waals surface area contributed by atoms with E-state index in [1.54, 1.807) is 23.6 Å². The maximum atomic E-state index is 6.02. The van der Waals surface area contributed by atoms with E-state index in [2.05, 4.69) is 15.5 Å². The van der Waals surface area contributed by atoms with Crippen molar-refractivity contribution >= 4 is 35.0 Å². The first-order chi connectivity index (χ1) is 9.60. The van der Waals surface area contributed by atoms with Crippen molar-refractivity contribution in [2.45, 2.75) is 15.9 Å². The van der Waals surface area contributed by atoms with Crippen LogP contribution in [-0.4, -0.2) is 37.4 Å². The van der Waals surface area contributed by atoms with Gasteiger partial charge in [-0.05, 0) is 41.1 Å². The molecule has 1 unspecified atom stereocenters. The van der Waals surface area contributed by atoms with Crippen LogP contribution in [0.25, 0.3) is 5.69 Å². The molecule has 1 aliphatic rings. The van der Waals surface area contributed by atoms with E-state index < -0.39 is 4.33 Å². The fourth-order valence-corrected chi connectivity index (χ4v) is 3.60. The Bertz CT molecular complexity index is 602. The third kappa shape index (κ3) is 2.87. The van der Waals surface area contributed by atoms with Gasteiger partial charge in [-0.2, -0.15) is 4.68 Å². The van der Waals surface area contributed by atoms with Gasteiger partial charge in [0.15, 0.2) is 0 Å². The lowest BCUT2D eigenvalue weighted by molar-refractivity contribution is 0.414. The predicted octanol–water partition coefficient (Wildman–Crippen LogP) is 2.96. The second-order valence-electron chi connectivity index (χ2n) is 4.54. The van der Waals surface area contributed by atoms with Gasteiger partial charge in [-0.1, -0.05) is 11.8 Å². The molecule has 1 atom stereocenters. The van der Waals surface area contributed by atoms with E-state index in [4.69, 9.17) is 27.9 Å². The normalized spacial score (nSPS) is 19.9. The number of tetrazole rings is 1. The average Bonchev–Trinajstić information content (AvgIpc) is 2.87. The van der Waals surface area contributed by atoms with E-state index >= 15 is 0 Å². The van der Waals surface area contributed by atoms with Crippen LogP contribution in [0.5, 0.6) is 5.75 Å². The number of methoxy groups -OCH3 is 1. The van der Waals surface area contributed by atoms with Crippen molar-refractivity contribution in [3.63, 3.8) is 0 Å². The molecule has 0 aliphatic heterocycles. The molecular formula is C12H12Cl2N4OS. The van der Waals surface area contributed by atoms with Gasteiger partial charge in [0.05, 0.1) is 12.8 Å². The van der Waals surface area contributed by atoms with Gasteiger partial charge in [-0.25, -0.2) is 0 Å². The molecule has 0 spiro atoms. The van der Waals surface area contributed by atoms with E-state index in [0.29, 0.717) is 5.92 Å². The van der Waals surface area contributed by atoms with Crippen LogP contribution in [-0.2, 0) is 0 Å². The first-order valence-corrected chi connectivity index (χ1v) is 7.78. The van der Waals surface area contributed by atoms with Crippen molar-refractivity contribution < 1.29 is 4.74 Å². The summed E-state index contributed by atoms with van der Waals surface area (Å²) >= 11 is 13.6. The van der Waals surface area contributed by atoms with Gasteiger partial charge in [0.25, 0.3) is 0 Å². The van der Waals surface area contributed by atoms with Gasteiger partial charge in [0, 0.05) is 11.7 Å². The molecule has 1 aromatic heterocycles. The highest BCUT2D eigenvalue weighted by Crippen LogP contribution is 2.54. The Labute approximate surface area is 130 Å². The van der Waals surface area contributed by atoms with Gasteiger partial charge in [-0.15, -0.1) is 28.3 Å². The topological polar surface area (TPSA) is 52.8 Å². The van der Waals surface area contributed by atoms with Crippen molar-refractivity contribution in [2.75, 3.05) is 12.9 Å². The maximum Gasteiger partial charge on any atom is 0.214 e. The lowest BCUT2D eigenvalue weighted by atomic mass is 10.3. The Hall–Kier alpha value is -0.980. The minimum Gasteiger partial charge on any atom is -0.497 e. The van der Waals surface area contributed by atoms with E-state index in [9.17, 15) is 0 Å². The summed E-state index contributed by atoms with van der Waals surface area (Å²) in [5, 5.41) is 12.5. The number of hydrogen-bond donors (Lipinski definition) is 0. The zero-order chi connectivity index (χ0) is 14.2. The highest BCUT2D eigenvalue weighted by Gasteiger charge is 2.51. The van der Waals surface area contributed by atoms with Gasteiger partial charge in [0.1, 0.15) is 10.1 Å². The highest BCUT2D eigenvalue weighted by molar-refractivity contribution is 7.99. The third-order valence-electron chi connectivity index (χ3n) is 3.13. The zero-order valence-electron chi connectivity index (χ0n) is 10.7. The standard InChI is InChI=1S/C12H12Cl2N4OS/c1-19-10-4-2-9(3-5-10)18-11(15-16-17-18)20-7-8-6-12(8,13)14/h2-5,8H,6-7H2,1H3. The zero-order valence-corrected chi connectivity index (χ0v) is 13.0. The minimum atomic E-state index is -0.564. The fraction of sp³-hybridized carbons (Fsp3) is 0.417. The number of hydrogen-bond acceptors (Lipinski definition) is 5. The molecule has 0 saturated heterocycles. The summed E-state index contributed by atoms with van der Waals surface area (Å²) in [5.41, 5.74) is 0.886. The number of rotatable bonds is 5. The Morgan fingerprint density at radius 3 is 2.70 bits per heavy atom. The van der Waals surface area contributed by atoms with Crippen molar-refractivity contribution in [3.8, 4) is 11.4 Å². The number of ether oxygens (including phenoxy) is 1. The van der Waals surface area contributed by atoms with E-state index in [-0.39, 0.29) is 0 Å². The monoisotopic (exact) mass is 330 g/mol. The lowest BCUT2D eigenvalue weighted by Crippen LogP contribution is -2.00. The molecular weight excluding hydrogens is 319 g/mol. The van der Waals surface area contributed by atoms with Crippen LogP contribution >= 0.6 is 35.0 Å². The third-order valence-corrected chi connectivity index (χ3v) is 5.13. The van der Waals surface area contributed by atoms with Crippen molar-refractivity contribution in [3.05, 3.63) is 24.3 Å². The Kier molecular flexibility index (Phi) is 3.79. The van der Waals surface area contributed by atoms with E-state index in [1.165, 1.54) is 0 Å². The summed E-state index contributed by atoms with van der Waals surface area (Å²) in [5.74, 6) is 1.91. The molecule has 1 heterocycles. The van der Waals surface area contributed by atoms with Gasteiger partial charge < -0.3 is 4.74 Å². The summed E-state index contributed by atoms with van der Waals surface area (Å²) in [6.45, 7) is 0. The highest BCUT2D eigenvalue weighted by atomic mass is 35.5. The molecule has 0 amide bonds. The van der Waals surface area contributed by atoms with Gasteiger partial charge in [0.2, 0.25) is 5.16 Å². The van der Waals surface area contributed by atoms with Gasteiger partial charge in [-0.3, -0.25) is 0 Å². The lowest BCUT2D eigenvalue weighted by Gasteiger charge is -2.05. The Morgan fingerprint density at radius 1 is 1.40 bits per heavy atom. The number of alkyl halides is 2.